The standard InChI is InChI=1S/C19H26N2O/c1-13(21-18(22)8-14-3-2-4-20-12-14)19-9-15-5-16(10-19)7-17(6-15)11-19/h2-4,12-13,15-17H,5-11H2,1H3,(H,21,22). The highest BCUT2D eigenvalue weighted by Crippen LogP contribution is 2.61. The number of hydrogen-bond acceptors (Lipinski definition) is 2. The quantitative estimate of drug-likeness (QED) is 0.926. The molecule has 0 aliphatic heterocycles. The second-order valence-electron chi connectivity index (χ2n) is 8.11. The molecule has 0 saturated heterocycles. The van der Waals surface area contributed by atoms with Gasteiger partial charge >= 0.3 is 0 Å². The van der Waals surface area contributed by atoms with Crippen LogP contribution in [0.1, 0.15) is 51.0 Å². The minimum Gasteiger partial charge on any atom is -0.353 e. The molecule has 4 fully saturated rings. The Labute approximate surface area is 132 Å². The highest BCUT2D eigenvalue weighted by molar-refractivity contribution is 5.78. The second kappa shape index (κ2) is 5.36. The molecule has 4 saturated carbocycles. The zero-order chi connectivity index (χ0) is 15.2. The van der Waals surface area contributed by atoms with Crippen LogP contribution in [0.5, 0.6) is 0 Å². The highest BCUT2D eigenvalue weighted by Gasteiger charge is 2.53. The predicted octanol–water partition coefficient (Wildman–Crippen LogP) is 3.35. The van der Waals surface area contributed by atoms with E-state index in [1.165, 1.54) is 38.5 Å². The topological polar surface area (TPSA) is 42.0 Å². The molecule has 1 aromatic rings. The Hall–Kier alpha value is -1.38. The Morgan fingerprint density at radius 3 is 2.45 bits per heavy atom. The van der Waals surface area contributed by atoms with Crippen LogP contribution in [0.3, 0.4) is 0 Å². The molecular formula is C19H26N2O. The maximum atomic E-state index is 12.4. The van der Waals surface area contributed by atoms with E-state index < -0.39 is 0 Å². The Balaban J connectivity index is 1.41. The zero-order valence-corrected chi connectivity index (χ0v) is 13.4. The fraction of sp³-hybridized carbons (Fsp3) is 0.684. The third-order valence-corrected chi connectivity index (χ3v) is 6.47. The first-order valence-corrected chi connectivity index (χ1v) is 8.81. The summed E-state index contributed by atoms with van der Waals surface area (Å²) >= 11 is 0. The number of hydrogen-bond donors (Lipinski definition) is 1. The molecule has 3 heteroatoms. The van der Waals surface area contributed by atoms with Gasteiger partial charge in [-0.1, -0.05) is 6.07 Å². The Kier molecular flexibility index (Phi) is 3.47. The van der Waals surface area contributed by atoms with Crippen molar-refractivity contribution in [3.8, 4) is 0 Å². The van der Waals surface area contributed by atoms with Crippen LogP contribution in [-0.2, 0) is 11.2 Å². The average Bonchev–Trinajstić information content (AvgIpc) is 2.46. The molecule has 3 nitrogen and oxygen atoms in total. The summed E-state index contributed by atoms with van der Waals surface area (Å²) in [5.41, 5.74) is 1.39. The molecule has 0 aromatic carbocycles. The predicted molar refractivity (Wildman–Crippen MR) is 86.2 cm³/mol. The maximum Gasteiger partial charge on any atom is 0.224 e. The van der Waals surface area contributed by atoms with Crippen molar-refractivity contribution < 1.29 is 4.79 Å². The number of pyridine rings is 1. The van der Waals surface area contributed by atoms with Gasteiger partial charge in [0.15, 0.2) is 0 Å². The van der Waals surface area contributed by atoms with Crippen molar-refractivity contribution in [2.45, 2.75) is 57.9 Å². The maximum absolute atomic E-state index is 12.4. The number of amides is 1. The van der Waals surface area contributed by atoms with E-state index in [-0.39, 0.29) is 5.91 Å². The summed E-state index contributed by atoms with van der Waals surface area (Å²) < 4.78 is 0. The molecule has 0 spiro atoms. The summed E-state index contributed by atoms with van der Waals surface area (Å²) in [6.07, 6.45) is 12.4. The van der Waals surface area contributed by atoms with Gasteiger partial charge in [0.2, 0.25) is 5.91 Å². The van der Waals surface area contributed by atoms with Crippen LogP contribution in [0.15, 0.2) is 24.5 Å². The van der Waals surface area contributed by atoms with Gasteiger partial charge in [0, 0.05) is 18.4 Å². The van der Waals surface area contributed by atoms with Crippen LogP contribution in [0, 0.1) is 23.2 Å². The van der Waals surface area contributed by atoms with Crippen molar-refractivity contribution in [1.29, 1.82) is 0 Å². The molecule has 5 rings (SSSR count). The van der Waals surface area contributed by atoms with E-state index in [2.05, 4.69) is 17.2 Å². The van der Waals surface area contributed by atoms with Crippen LogP contribution in [0.25, 0.3) is 0 Å². The summed E-state index contributed by atoms with van der Waals surface area (Å²) in [7, 11) is 0. The van der Waals surface area contributed by atoms with E-state index in [9.17, 15) is 4.79 Å². The average molecular weight is 298 g/mol. The minimum absolute atomic E-state index is 0.149. The lowest BCUT2D eigenvalue weighted by atomic mass is 9.48. The van der Waals surface area contributed by atoms with E-state index in [1.54, 1.807) is 12.4 Å². The fourth-order valence-electron chi connectivity index (χ4n) is 5.84. The lowest BCUT2D eigenvalue weighted by Gasteiger charge is -2.59. The molecule has 1 heterocycles. The first-order chi connectivity index (χ1) is 10.6. The minimum atomic E-state index is 0.149. The van der Waals surface area contributed by atoms with Gasteiger partial charge in [-0.2, -0.15) is 0 Å². The number of carbonyl (C=O) groups is 1. The van der Waals surface area contributed by atoms with E-state index in [0.29, 0.717) is 17.9 Å². The van der Waals surface area contributed by atoms with Gasteiger partial charge in [0.1, 0.15) is 0 Å². The summed E-state index contributed by atoms with van der Waals surface area (Å²) in [4.78, 5) is 16.5. The summed E-state index contributed by atoms with van der Waals surface area (Å²) in [6, 6.07) is 4.18. The largest absolute Gasteiger partial charge is 0.353 e. The molecular weight excluding hydrogens is 272 g/mol. The molecule has 1 amide bonds. The number of nitrogens with one attached hydrogen (secondary N) is 1. The van der Waals surface area contributed by atoms with Crippen LogP contribution in [-0.4, -0.2) is 16.9 Å². The third kappa shape index (κ3) is 2.55. The smallest absolute Gasteiger partial charge is 0.224 e. The van der Waals surface area contributed by atoms with E-state index in [4.69, 9.17) is 0 Å². The van der Waals surface area contributed by atoms with Gasteiger partial charge in [-0.25, -0.2) is 0 Å². The van der Waals surface area contributed by atoms with Crippen molar-refractivity contribution in [1.82, 2.24) is 10.3 Å². The van der Waals surface area contributed by atoms with Crippen LogP contribution in [0.2, 0.25) is 0 Å². The number of nitrogens with zero attached hydrogens (tertiary/aromatic N) is 1. The lowest BCUT2D eigenvalue weighted by molar-refractivity contribution is -0.125. The van der Waals surface area contributed by atoms with Gasteiger partial charge in [0.05, 0.1) is 6.42 Å². The molecule has 22 heavy (non-hydrogen) atoms. The van der Waals surface area contributed by atoms with Gasteiger partial charge in [-0.05, 0) is 80.2 Å². The van der Waals surface area contributed by atoms with Gasteiger partial charge in [0.25, 0.3) is 0 Å². The normalized spacial score (nSPS) is 37.0. The van der Waals surface area contributed by atoms with Gasteiger partial charge in [-0.15, -0.1) is 0 Å². The number of carbonyl (C=O) groups excluding carboxylic acids is 1. The summed E-state index contributed by atoms with van der Waals surface area (Å²) in [5.74, 6) is 2.95. The lowest BCUT2D eigenvalue weighted by Crippen LogP contribution is -2.56. The Morgan fingerprint density at radius 2 is 1.91 bits per heavy atom. The number of rotatable bonds is 4. The summed E-state index contributed by atoms with van der Waals surface area (Å²) in [6.45, 7) is 2.24. The van der Waals surface area contributed by atoms with Crippen molar-refractivity contribution >= 4 is 5.91 Å². The second-order valence-corrected chi connectivity index (χ2v) is 8.11. The van der Waals surface area contributed by atoms with Crippen molar-refractivity contribution in [3.05, 3.63) is 30.1 Å². The zero-order valence-electron chi connectivity index (χ0n) is 13.4. The monoisotopic (exact) mass is 298 g/mol. The van der Waals surface area contributed by atoms with E-state index >= 15 is 0 Å². The van der Waals surface area contributed by atoms with Crippen LogP contribution < -0.4 is 5.32 Å². The molecule has 4 bridgehead atoms. The Morgan fingerprint density at radius 1 is 1.27 bits per heavy atom. The molecule has 4 aliphatic rings. The van der Waals surface area contributed by atoms with Crippen molar-refractivity contribution in [2.24, 2.45) is 23.2 Å². The van der Waals surface area contributed by atoms with Crippen molar-refractivity contribution in [2.75, 3.05) is 0 Å². The molecule has 1 unspecified atom stereocenters. The van der Waals surface area contributed by atoms with Gasteiger partial charge in [-0.3, -0.25) is 9.78 Å². The molecule has 4 aliphatic carbocycles. The molecule has 1 atom stereocenters. The summed E-state index contributed by atoms with van der Waals surface area (Å²) in [5, 5.41) is 3.32. The molecule has 1 aromatic heterocycles. The van der Waals surface area contributed by atoms with Crippen molar-refractivity contribution in [3.63, 3.8) is 0 Å². The van der Waals surface area contributed by atoms with E-state index in [0.717, 1.165) is 23.3 Å². The SMILES string of the molecule is CC(NC(=O)Cc1cccnc1)C12CC3CC(CC(C3)C1)C2. The van der Waals surface area contributed by atoms with Crippen LogP contribution >= 0.6 is 0 Å². The Bertz CT molecular complexity index is 519. The first-order valence-electron chi connectivity index (χ1n) is 8.81. The van der Waals surface area contributed by atoms with Gasteiger partial charge < -0.3 is 5.32 Å². The first kappa shape index (κ1) is 14.2. The molecule has 0 radical (unpaired) electrons. The highest BCUT2D eigenvalue weighted by atomic mass is 16.1. The van der Waals surface area contributed by atoms with Crippen LogP contribution in [0.4, 0.5) is 0 Å². The molecule has 118 valence electrons. The fourth-order valence-corrected chi connectivity index (χ4v) is 5.84. The molecule has 1 N–H and O–H groups in total. The van der Waals surface area contributed by atoms with E-state index in [1.807, 2.05) is 12.1 Å². The third-order valence-electron chi connectivity index (χ3n) is 6.47. The number of aromatic nitrogens is 1.